The van der Waals surface area contributed by atoms with Crippen LogP contribution in [0.1, 0.15) is 26.5 Å². The lowest BCUT2D eigenvalue weighted by atomic mass is 9.92. The first-order valence-corrected chi connectivity index (χ1v) is 4.62. The predicted octanol–water partition coefficient (Wildman–Crippen LogP) is 2.36. The van der Waals surface area contributed by atoms with Crippen LogP contribution in [0.3, 0.4) is 0 Å². The van der Waals surface area contributed by atoms with Crippen LogP contribution in [0.4, 0.5) is 0 Å². The highest BCUT2D eigenvalue weighted by molar-refractivity contribution is 5.23. The Balaban J connectivity index is 2.69. The minimum atomic E-state index is 0.0831. The highest BCUT2D eigenvalue weighted by Gasteiger charge is 2.14. The van der Waals surface area contributed by atoms with E-state index < -0.39 is 0 Å². The molecule has 0 aliphatic carbocycles. The maximum atomic E-state index is 5.24. The van der Waals surface area contributed by atoms with Crippen molar-refractivity contribution in [1.29, 1.82) is 0 Å². The Morgan fingerprint density at radius 3 is 2.43 bits per heavy atom. The molecule has 3 heteroatoms. The molecular weight excluding hydrogens is 178 g/mol. The fraction of sp³-hybridized carbons (Fsp3) is 0.545. The van der Waals surface area contributed by atoms with Crippen molar-refractivity contribution in [3.8, 4) is 5.75 Å². The van der Waals surface area contributed by atoms with Crippen LogP contribution >= 0.6 is 0 Å². The van der Waals surface area contributed by atoms with Gasteiger partial charge in [-0.1, -0.05) is 20.8 Å². The van der Waals surface area contributed by atoms with Gasteiger partial charge in [0, 0.05) is 18.2 Å². The lowest BCUT2D eigenvalue weighted by molar-refractivity contribution is 0.0508. The van der Waals surface area contributed by atoms with E-state index in [4.69, 9.17) is 9.47 Å². The molecule has 14 heavy (non-hydrogen) atoms. The second-order valence-corrected chi connectivity index (χ2v) is 4.18. The zero-order chi connectivity index (χ0) is 10.6. The first-order chi connectivity index (χ1) is 6.54. The average molecular weight is 195 g/mol. The van der Waals surface area contributed by atoms with Gasteiger partial charge in [0.05, 0.1) is 6.20 Å². The number of pyridine rings is 1. The minimum absolute atomic E-state index is 0.0831. The van der Waals surface area contributed by atoms with E-state index in [2.05, 4.69) is 25.8 Å². The third kappa shape index (κ3) is 3.00. The molecule has 0 atom stereocenters. The standard InChI is InChI=1S/C11H17NO2/c1-11(2,3)10-6-5-9(7-12-10)14-8-13-4/h5-7H,8H2,1-4H3. The van der Waals surface area contributed by atoms with Crippen molar-refractivity contribution >= 4 is 0 Å². The molecule has 0 saturated heterocycles. The first-order valence-electron chi connectivity index (χ1n) is 4.62. The second kappa shape index (κ2) is 4.42. The van der Waals surface area contributed by atoms with E-state index >= 15 is 0 Å². The molecule has 78 valence electrons. The SMILES string of the molecule is COCOc1ccc(C(C)(C)C)nc1. The van der Waals surface area contributed by atoms with Crippen LogP contribution < -0.4 is 4.74 Å². The molecule has 0 saturated carbocycles. The van der Waals surface area contributed by atoms with Gasteiger partial charge in [0.15, 0.2) is 6.79 Å². The Morgan fingerprint density at radius 2 is 2.00 bits per heavy atom. The van der Waals surface area contributed by atoms with Gasteiger partial charge in [-0.3, -0.25) is 4.98 Å². The van der Waals surface area contributed by atoms with Gasteiger partial charge in [0.25, 0.3) is 0 Å². The monoisotopic (exact) mass is 195 g/mol. The van der Waals surface area contributed by atoms with Crippen LogP contribution in [-0.4, -0.2) is 18.9 Å². The Labute approximate surface area is 85.1 Å². The van der Waals surface area contributed by atoms with Gasteiger partial charge < -0.3 is 9.47 Å². The molecule has 3 nitrogen and oxygen atoms in total. The van der Waals surface area contributed by atoms with Crippen molar-refractivity contribution in [2.45, 2.75) is 26.2 Å². The van der Waals surface area contributed by atoms with Gasteiger partial charge in [-0.15, -0.1) is 0 Å². The minimum Gasteiger partial charge on any atom is -0.466 e. The summed E-state index contributed by atoms with van der Waals surface area (Å²) < 4.78 is 10.0. The van der Waals surface area contributed by atoms with Gasteiger partial charge in [-0.05, 0) is 12.1 Å². The summed E-state index contributed by atoms with van der Waals surface area (Å²) in [7, 11) is 1.59. The number of hydrogen-bond donors (Lipinski definition) is 0. The molecule has 0 aliphatic heterocycles. The van der Waals surface area contributed by atoms with Crippen LogP contribution in [0.2, 0.25) is 0 Å². The molecule has 1 heterocycles. The van der Waals surface area contributed by atoms with E-state index in [0.717, 1.165) is 11.4 Å². The van der Waals surface area contributed by atoms with Crippen molar-refractivity contribution in [1.82, 2.24) is 4.98 Å². The van der Waals surface area contributed by atoms with Gasteiger partial charge in [-0.25, -0.2) is 0 Å². The largest absolute Gasteiger partial charge is 0.466 e. The van der Waals surface area contributed by atoms with E-state index in [1.54, 1.807) is 13.3 Å². The summed E-state index contributed by atoms with van der Waals surface area (Å²) in [4.78, 5) is 4.32. The molecule has 0 aromatic carbocycles. The zero-order valence-corrected chi connectivity index (χ0v) is 9.20. The molecule has 0 aliphatic rings. The van der Waals surface area contributed by atoms with Gasteiger partial charge in [0.2, 0.25) is 0 Å². The number of rotatable bonds is 3. The Hall–Kier alpha value is -1.09. The summed E-state index contributed by atoms with van der Waals surface area (Å²) in [6.07, 6.45) is 1.72. The quantitative estimate of drug-likeness (QED) is 0.694. The molecule has 1 aromatic heterocycles. The van der Waals surface area contributed by atoms with Crippen molar-refractivity contribution in [3.63, 3.8) is 0 Å². The van der Waals surface area contributed by atoms with Crippen LogP contribution in [0, 0.1) is 0 Å². The lowest BCUT2D eigenvalue weighted by Gasteiger charge is -2.17. The third-order valence-corrected chi connectivity index (χ3v) is 1.85. The summed E-state index contributed by atoms with van der Waals surface area (Å²) in [6, 6.07) is 3.89. The van der Waals surface area contributed by atoms with Crippen LogP contribution in [0.25, 0.3) is 0 Å². The molecule has 0 N–H and O–H groups in total. The average Bonchev–Trinajstić information content (AvgIpc) is 2.14. The fourth-order valence-corrected chi connectivity index (χ4v) is 1.04. The molecule has 0 radical (unpaired) electrons. The smallest absolute Gasteiger partial charge is 0.188 e. The fourth-order valence-electron chi connectivity index (χ4n) is 1.04. The Kier molecular flexibility index (Phi) is 3.47. The van der Waals surface area contributed by atoms with Crippen LogP contribution in [0.15, 0.2) is 18.3 Å². The molecule has 0 fully saturated rings. The maximum absolute atomic E-state index is 5.24. The van der Waals surface area contributed by atoms with Gasteiger partial charge in [-0.2, -0.15) is 0 Å². The summed E-state index contributed by atoms with van der Waals surface area (Å²) in [5.41, 5.74) is 1.14. The highest BCUT2D eigenvalue weighted by atomic mass is 16.7. The molecular formula is C11H17NO2. The van der Waals surface area contributed by atoms with Crippen LogP contribution in [0.5, 0.6) is 5.75 Å². The molecule has 0 amide bonds. The van der Waals surface area contributed by atoms with Gasteiger partial charge >= 0.3 is 0 Å². The van der Waals surface area contributed by atoms with E-state index in [0.29, 0.717) is 0 Å². The molecule has 1 rings (SSSR count). The van der Waals surface area contributed by atoms with E-state index in [1.165, 1.54) is 0 Å². The molecule has 0 bridgehead atoms. The van der Waals surface area contributed by atoms with Crippen LogP contribution in [-0.2, 0) is 10.2 Å². The first kappa shape index (κ1) is 11.0. The topological polar surface area (TPSA) is 31.4 Å². The summed E-state index contributed by atoms with van der Waals surface area (Å²) in [6.45, 7) is 6.65. The molecule has 1 aromatic rings. The van der Waals surface area contributed by atoms with Crippen molar-refractivity contribution in [2.75, 3.05) is 13.9 Å². The number of hydrogen-bond acceptors (Lipinski definition) is 3. The lowest BCUT2D eigenvalue weighted by Crippen LogP contribution is -2.13. The van der Waals surface area contributed by atoms with Crippen molar-refractivity contribution in [2.24, 2.45) is 0 Å². The summed E-state index contributed by atoms with van der Waals surface area (Å²) in [5, 5.41) is 0. The molecule has 0 unspecified atom stereocenters. The van der Waals surface area contributed by atoms with E-state index in [-0.39, 0.29) is 12.2 Å². The zero-order valence-electron chi connectivity index (χ0n) is 9.20. The van der Waals surface area contributed by atoms with E-state index in [9.17, 15) is 0 Å². The van der Waals surface area contributed by atoms with Crippen molar-refractivity contribution in [3.05, 3.63) is 24.0 Å². The second-order valence-electron chi connectivity index (χ2n) is 4.18. The third-order valence-electron chi connectivity index (χ3n) is 1.85. The Morgan fingerprint density at radius 1 is 1.29 bits per heavy atom. The highest BCUT2D eigenvalue weighted by Crippen LogP contribution is 2.21. The predicted molar refractivity (Wildman–Crippen MR) is 55.4 cm³/mol. The summed E-state index contributed by atoms with van der Waals surface area (Å²) in [5.74, 6) is 0.736. The number of ether oxygens (including phenoxy) is 2. The maximum Gasteiger partial charge on any atom is 0.188 e. The molecule has 0 spiro atoms. The number of aromatic nitrogens is 1. The van der Waals surface area contributed by atoms with Crippen molar-refractivity contribution < 1.29 is 9.47 Å². The summed E-state index contributed by atoms with van der Waals surface area (Å²) >= 11 is 0. The Bertz CT molecular complexity index is 274. The number of nitrogens with zero attached hydrogens (tertiary/aromatic N) is 1. The number of methoxy groups -OCH3 is 1. The van der Waals surface area contributed by atoms with Gasteiger partial charge in [0.1, 0.15) is 5.75 Å². The van der Waals surface area contributed by atoms with E-state index in [1.807, 2.05) is 12.1 Å². The normalized spacial score (nSPS) is 11.4.